The van der Waals surface area contributed by atoms with E-state index >= 15 is 0 Å². The zero-order valence-corrected chi connectivity index (χ0v) is 12.1. The quantitative estimate of drug-likeness (QED) is 0.912. The van der Waals surface area contributed by atoms with Crippen LogP contribution in [-0.2, 0) is 11.0 Å². The Morgan fingerprint density at radius 1 is 1.38 bits per heavy atom. The summed E-state index contributed by atoms with van der Waals surface area (Å²) in [5, 5.41) is 2.33. The first-order valence-electron chi connectivity index (χ1n) is 6.72. The third-order valence-corrected chi connectivity index (χ3v) is 3.02. The number of rotatable bonds is 2. The van der Waals surface area contributed by atoms with E-state index in [1.54, 1.807) is 0 Å². The monoisotopic (exact) mass is 304 g/mol. The van der Waals surface area contributed by atoms with Crippen molar-refractivity contribution in [2.75, 3.05) is 25.5 Å². The van der Waals surface area contributed by atoms with Crippen molar-refractivity contribution in [1.29, 1.82) is 0 Å². The Kier molecular flexibility index (Phi) is 6.39. The van der Waals surface area contributed by atoms with Crippen LogP contribution in [0.15, 0.2) is 12.5 Å². The predicted molar refractivity (Wildman–Crippen MR) is 72.7 cm³/mol. The number of nitrogens with one attached hydrogen (secondary N) is 1. The number of halogens is 3. The fraction of sp³-hybridized carbons (Fsp3) is 0.615. The van der Waals surface area contributed by atoms with E-state index in [0.717, 1.165) is 25.6 Å². The number of hydrogen-bond acceptors (Lipinski definition) is 4. The summed E-state index contributed by atoms with van der Waals surface area (Å²) in [4.78, 5) is 19.6. The summed E-state index contributed by atoms with van der Waals surface area (Å²) in [6.45, 7) is 3.90. The van der Waals surface area contributed by atoms with Gasteiger partial charge in [0, 0.05) is 32.8 Å². The number of hydrogen-bond donors (Lipinski definition) is 1. The Morgan fingerprint density at radius 2 is 2.00 bits per heavy atom. The highest BCUT2D eigenvalue weighted by atomic mass is 19.4. The molecule has 2 rings (SSSR count). The van der Waals surface area contributed by atoms with E-state index in [1.807, 2.05) is 11.8 Å². The number of carbonyl (C=O) groups is 1. The van der Waals surface area contributed by atoms with Gasteiger partial charge in [-0.1, -0.05) is 6.92 Å². The second-order valence-corrected chi connectivity index (χ2v) is 4.47. The SMILES string of the molecule is CCC(=O)N1CCCC1.CNc1ncncc1C(F)(F)F. The van der Waals surface area contributed by atoms with E-state index in [-0.39, 0.29) is 5.82 Å². The maximum atomic E-state index is 12.1. The van der Waals surface area contributed by atoms with Crippen molar-refractivity contribution in [3.8, 4) is 0 Å². The van der Waals surface area contributed by atoms with Crippen LogP contribution in [0.25, 0.3) is 0 Å². The van der Waals surface area contributed by atoms with Gasteiger partial charge in [-0.25, -0.2) is 9.97 Å². The minimum atomic E-state index is -4.40. The zero-order chi connectivity index (χ0) is 15.9. The van der Waals surface area contributed by atoms with Crippen molar-refractivity contribution in [1.82, 2.24) is 14.9 Å². The van der Waals surface area contributed by atoms with Crippen LogP contribution in [0.3, 0.4) is 0 Å². The summed E-state index contributed by atoms with van der Waals surface area (Å²) < 4.78 is 36.3. The highest BCUT2D eigenvalue weighted by Crippen LogP contribution is 2.32. The summed E-state index contributed by atoms with van der Waals surface area (Å²) in [5.74, 6) is 0.102. The number of anilines is 1. The van der Waals surface area contributed by atoms with Crippen molar-refractivity contribution < 1.29 is 18.0 Å². The third kappa shape index (κ3) is 5.20. The molecule has 5 nitrogen and oxygen atoms in total. The molecule has 0 atom stereocenters. The molecule has 1 amide bonds. The summed E-state index contributed by atoms with van der Waals surface area (Å²) in [7, 11) is 1.37. The van der Waals surface area contributed by atoms with Gasteiger partial charge >= 0.3 is 6.18 Å². The number of nitrogens with zero attached hydrogens (tertiary/aromatic N) is 3. The summed E-state index contributed by atoms with van der Waals surface area (Å²) >= 11 is 0. The molecule has 0 bridgehead atoms. The topological polar surface area (TPSA) is 58.1 Å². The smallest absolute Gasteiger partial charge is 0.373 e. The molecule has 0 spiro atoms. The molecule has 118 valence electrons. The number of amides is 1. The molecular formula is C13H19F3N4O. The Morgan fingerprint density at radius 3 is 2.43 bits per heavy atom. The number of likely N-dealkylation sites (tertiary alicyclic amines) is 1. The van der Waals surface area contributed by atoms with E-state index in [9.17, 15) is 18.0 Å². The Bertz CT molecular complexity index is 459. The van der Waals surface area contributed by atoms with Crippen molar-refractivity contribution in [2.24, 2.45) is 0 Å². The average molecular weight is 304 g/mol. The number of alkyl halides is 3. The molecule has 0 aromatic carbocycles. The fourth-order valence-corrected chi connectivity index (χ4v) is 1.93. The van der Waals surface area contributed by atoms with Crippen molar-refractivity contribution in [2.45, 2.75) is 32.4 Å². The predicted octanol–water partition coefficient (Wildman–Crippen LogP) is 2.56. The van der Waals surface area contributed by atoms with Crippen LogP contribution in [0.2, 0.25) is 0 Å². The highest BCUT2D eigenvalue weighted by molar-refractivity contribution is 5.75. The van der Waals surface area contributed by atoms with Gasteiger partial charge in [0.1, 0.15) is 17.7 Å². The molecule has 0 saturated carbocycles. The molecular weight excluding hydrogens is 285 g/mol. The third-order valence-electron chi connectivity index (χ3n) is 3.02. The van der Waals surface area contributed by atoms with Crippen LogP contribution < -0.4 is 5.32 Å². The lowest BCUT2D eigenvalue weighted by atomic mass is 10.3. The van der Waals surface area contributed by atoms with Crippen LogP contribution in [0, 0.1) is 0 Å². The summed E-state index contributed by atoms with van der Waals surface area (Å²) in [5.41, 5.74) is -0.854. The van der Waals surface area contributed by atoms with Gasteiger partial charge in [0.05, 0.1) is 0 Å². The Hall–Kier alpha value is -1.86. The molecule has 1 fully saturated rings. The molecule has 1 aliphatic rings. The molecule has 8 heteroatoms. The lowest BCUT2D eigenvalue weighted by Gasteiger charge is -2.12. The van der Waals surface area contributed by atoms with Gasteiger partial charge in [0.15, 0.2) is 0 Å². The molecule has 1 saturated heterocycles. The van der Waals surface area contributed by atoms with Gasteiger partial charge in [-0.05, 0) is 12.8 Å². The second kappa shape index (κ2) is 7.80. The molecule has 1 aromatic heterocycles. The van der Waals surface area contributed by atoms with E-state index in [2.05, 4.69) is 15.3 Å². The maximum Gasteiger partial charge on any atom is 0.421 e. The van der Waals surface area contributed by atoms with E-state index in [0.29, 0.717) is 12.3 Å². The molecule has 1 aromatic rings. The van der Waals surface area contributed by atoms with Crippen LogP contribution >= 0.6 is 0 Å². The molecule has 0 aliphatic carbocycles. The van der Waals surface area contributed by atoms with Crippen molar-refractivity contribution in [3.63, 3.8) is 0 Å². The van der Waals surface area contributed by atoms with Crippen LogP contribution in [0.4, 0.5) is 19.0 Å². The van der Waals surface area contributed by atoms with E-state index in [1.165, 1.54) is 19.9 Å². The Labute approximate surface area is 121 Å². The van der Waals surface area contributed by atoms with Gasteiger partial charge in [-0.2, -0.15) is 13.2 Å². The van der Waals surface area contributed by atoms with Gasteiger partial charge < -0.3 is 10.2 Å². The average Bonchev–Trinajstić information content (AvgIpc) is 3.00. The maximum absolute atomic E-state index is 12.1. The minimum absolute atomic E-state index is 0.211. The van der Waals surface area contributed by atoms with Gasteiger partial charge in [-0.3, -0.25) is 4.79 Å². The highest BCUT2D eigenvalue weighted by Gasteiger charge is 2.34. The largest absolute Gasteiger partial charge is 0.421 e. The molecule has 2 heterocycles. The van der Waals surface area contributed by atoms with Gasteiger partial charge in [0.25, 0.3) is 0 Å². The fourth-order valence-electron chi connectivity index (χ4n) is 1.93. The standard InChI is InChI=1S/C7H13NO.C6H6F3N3/c1-2-7(9)8-5-3-4-6-8;1-10-5-4(6(7,8)9)2-11-3-12-5/h2-6H2,1H3;2-3H,1H3,(H,10,11,12). The summed E-state index contributed by atoms with van der Waals surface area (Å²) in [6.07, 6.45) is 0.455. The minimum Gasteiger partial charge on any atom is -0.373 e. The van der Waals surface area contributed by atoms with E-state index < -0.39 is 11.7 Å². The Balaban J connectivity index is 0.000000219. The molecule has 1 N–H and O–H groups in total. The first-order chi connectivity index (χ1) is 9.90. The van der Waals surface area contributed by atoms with Gasteiger partial charge in [0.2, 0.25) is 5.91 Å². The number of carbonyl (C=O) groups excluding carboxylic acids is 1. The summed E-state index contributed by atoms with van der Waals surface area (Å²) in [6, 6.07) is 0. The van der Waals surface area contributed by atoms with Crippen molar-refractivity contribution >= 4 is 11.7 Å². The zero-order valence-electron chi connectivity index (χ0n) is 12.1. The number of aromatic nitrogens is 2. The second-order valence-electron chi connectivity index (χ2n) is 4.47. The molecule has 0 unspecified atom stereocenters. The first kappa shape index (κ1) is 17.2. The molecule has 1 aliphatic heterocycles. The van der Waals surface area contributed by atoms with Crippen LogP contribution in [0.1, 0.15) is 31.7 Å². The normalized spacial score (nSPS) is 14.4. The van der Waals surface area contributed by atoms with Crippen molar-refractivity contribution in [3.05, 3.63) is 18.1 Å². The van der Waals surface area contributed by atoms with Crippen LogP contribution in [-0.4, -0.2) is 40.9 Å². The lowest BCUT2D eigenvalue weighted by Crippen LogP contribution is -2.26. The first-order valence-corrected chi connectivity index (χ1v) is 6.72. The van der Waals surface area contributed by atoms with E-state index in [4.69, 9.17) is 0 Å². The van der Waals surface area contributed by atoms with Crippen LogP contribution in [0.5, 0.6) is 0 Å². The van der Waals surface area contributed by atoms with Gasteiger partial charge in [-0.15, -0.1) is 0 Å². The molecule has 0 radical (unpaired) electrons. The molecule has 21 heavy (non-hydrogen) atoms. The lowest BCUT2D eigenvalue weighted by molar-refractivity contribution is -0.137.